The molecule has 0 fully saturated rings. The molecular weight excluding hydrogens is 344 g/mol. The predicted molar refractivity (Wildman–Crippen MR) is 99.6 cm³/mol. The van der Waals surface area contributed by atoms with Crippen molar-refractivity contribution >= 4 is 22.7 Å². The van der Waals surface area contributed by atoms with Crippen LogP contribution in [0.5, 0.6) is 5.75 Å². The molecule has 0 bridgehead atoms. The number of H-pyrrole nitrogens is 1. The fourth-order valence-corrected chi connectivity index (χ4v) is 2.78. The van der Waals surface area contributed by atoms with Crippen molar-refractivity contribution in [3.63, 3.8) is 0 Å². The molecule has 6 nitrogen and oxygen atoms in total. The molecule has 6 heteroatoms. The lowest BCUT2D eigenvalue weighted by molar-refractivity contribution is -0.144. The van der Waals surface area contributed by atoms with Gasteiger partial charge in [0.2, 0.25) is 5.78 Å². The number of carbonyl (C=O) groups excluding carboxylic acids is 2. The Balaban J connectivity index is 1.55. The zero-order valence-corrected chi connectivity index (χ0v) is 14.8. The highest BCUT2D eigenvalue weighted by atomic mass is 16.6. The Morgan fingerprint density at radius 3 is 2.59 bits per heavy atom. The zero-order chi connectivity index (χ0) is 19.2. The minimum absolute atomic E-state index is 0.277. The van der Waals surface area contributed by atoms with Crippen molar-refractivity contribution in [3.8, 4) is 11.8 Å². The Labute approximate surface area is 156 Å². The third kappa shape index (κ3) is 4.15. The standard InChI is InChI=1S/C21H18N2O4/c1-2-15-4-3-5-17-18(11-23-21(15)17)19(24)12-27-20(25)13-26-16-8-6-14(10-22)7-9-16/h3-9,11,23H,2,12-13H2,1H3. The number of hydrogen-bond acceptors (Lipinski definition) is 5. The Morgan fingerprint density at radius 1 is 1.11 bits per heavy atom. The van der Waals surface area contributed by atoms with Crippen LogP contribution in [0.25, 0.3) is 10.9 Å². The molecule has 27 heavy (non-hydrogen) atoms. The van der Waals surface area contributed by atoms with Crippen LogP contribution in [0, 0.1) is 11.3 Å². The molecule has 0 unspecified atom stereocenters. The van der Waals surface area contributed by atoms with Gasteiger partial charge in [-0.15, -0.1) is 0 Å². The lowest BCUT2D eigenvalue weighted by atomic mass is 10.1. The first-order valence-corrected chi connectivity index (χ1v) is 8.53. The third-order valence-electron chi connectivity index (χ3n) is 4.19. The number of aromatic amines is 1. The Kier molecular flexibility index (Phi) is 5.53. The maximum Gasteiger partial charge on any atom is 0.344 e. The van der Waals surface area contributed by atoms with Crippen molar-refractivity contribution in [1.82, 2.24) is 4.98 Å². The van der Waals surface area contributed by atoms with Crippen LogP contribution in [0.2, 0.25) is 0 Å². The second-order valence-electron chi connectivity index (χ2n) is 5.90. The Morgan fingerprint density at radius 2 is 1.89 bits per heavy atom. The van der Waals surface area contributed by atoms with Crippen LogP contribution >= 0.6 is 0 Å². The number of fused-ring (bicyclic) bond motifs is 1. The predicted octanol–water partition coefficient (Wildman–Crippen LogP) is 3.41. The second-order valence-corrected chi connectivity index (χ2v) is 5.90. The van der Waals surface area contributed by atoms with Crippen molar-refractivity contribution in [2.45, 2.75) is 13.3 Å². The van der Waals surface area contributed by atoms with Gasteiger partial charge >= 0.3 is 5.97 Å². The molecule has 0 saturated heterocycles. The molecule has 2 aromatic carbocycles. The number of esters is 1. The van der Waals surface area contributed by atoms with Crippen LogP contribution in [0.15, 0.2) is 48.7 Å². The summed E-state index contributed by atoms with van der Waals surface area (Å²) in [6.45, 7) is 1.39. The molecule has 0 atom stereocenters. The van der Waals surface area contributed by atoms with Gasteiger partial charge in [-0.2, -0.15) is 5.26 Å². The third-order valence-corrected chi connectivity index (χ3v) is 4.19. The quantitative estimate of drug-likeness (QED) is 0.514. The molecule has 1 N–H and O–H groups in total. The van der Waals surface area contributed by atoms with E-state index in [2.05, 4.69) is 4.98 Å². The van der Waals surface area contributed by atoms with E-state index in [-0.39, 0.29) is 19.0 Å². The van der Waals surface area contributed by atoms with Gasteiger partial charge in [0, 0.05) is 22.7 Å². The summed E-state index contributed by atoms with van der Waals surface area (Å²) in [6.07, 6.45) is 2.50. The van der Waals surface area contributed by atoms with Crippen molar-refractivity contribution in [1.29, 1.82) is 5.26 Å². The van der Waals surface area contributed by atoms with E-state index in [1.54, 1.807) is 30.5 Å². The molecule has 0 aliphatic carbocycles. The highest BCUT2D eigenvalue weighted by molar-refractivity contribution is 6.09. The maximum absolute atomic E-state index is 12.4. The number of Topliss-reactive ketones (excluding diaryl/α,β-unsaturated/α-hetero) is 1. The van der Waals surface area contributed by atoms with E-state index < -0.39 is 5.97 Å². The summed E-state index contributed by atoms with van der Waals surface area (Å²) in [7, 11) is 0. The molecule has 0 aliphatic heterocycles. The van der Waals surface area contributed by atoms with E-state index in [4.69, 9.17) is 14.7 Å². The fraction of sp³-hybridized carbons (Fsp3) is 0.190. The number of hydrogen-bond donors (Lipinski definition) is 1. The van der Waals surface area contributed by atoms with Crippen molar-refractivity contribution in [3.05, 3.63) is 65.4 Å². The summed E-state index contributed by atoms with van der Waals surface area (Å²) in [5, 5.41) is 9.57. The van der Waals surface area contributed by atoms with E-state index in [9.17, 15) is 9.59 Å². The monoisotopic (exact) mass is 362 g/mol. The lowest BCUT2D eigenvalue weighted by Crippen LogP contribution is -2.19. The highest BCUT2D eigenvalue weighted by Gasteiger charge is 2.15. The van der Waals surface area contributed by atoms with E-state index in [0.717, 1.165) is 22.9 Å². The Hall–Kier alpha value is -3.59. The largest absolute Gasteiger partial charge is 0.482 e. The van der Waals surface area contributed by atoms with Gasteiger partial charge in [-0.05, 0) is 36.2 Å². The van der Waals surface area contributed by atoms with Gasteiger partial charge in [-0.25, -0.2) is 4.79 Å². The van der Waals surface area contributed by atoms with Gasteiger partial charge in [0.15, 0.2) is 13.2 Å². The van der Waals surface area contributed by atoms with Gasteiger partial charge in [0.25, 0.3) is 0 Å². The summed E-state index contributed by atoms with van der Waals surface area (Å²) in [4.78, 5) is 27.3. The topological polar surface area (TPSA) is 92.2 Å². The number of aryl methyl sites for hydroxylation is 1. The van der Waals surface area contributed by atoms with Gasteiger partial charge in [0.1, 0.15) is 5.75 Å². The molecule has 0 saturated carbocycles. The minimum Gasteiger partial charge on any atom is -0.482 e. The summed E-state index contributed by atoms with van der Waals surface area (Å²) < 4.78 is 10.3. The average Bonchev–Trinajstić information content (AvgIpc) is 3.15. The normalized spacial score (nSPS) is 10.4. The molecule has 3 rings (SSSR count). The molecule has 0 aliphatic rings. The number of carbonyl (C=O) groups is 2. The van der Waals surface area contributed by atoms with Gasteiger partial charge in [0.05, 0.1) is 11.6 Å². The van der Waals surface area contributed by atoms with Crippen molar-refractivity contribution in [2.24, 2.45) is 0 Å². The Bertz CT molecular complexity index is 1010. The number of nitrogens with one attached hydrogen (secondary N) is 1. The summed E-state index contributed by atoms with van der Waals surface area (Å²) in [5.41, 5.74) is 3.06. The fourth-order valence-electron chi connectivity index (χ4n) is 2.78. The summed E-state index contributed by atoms with van der Waals surface area (Å²) in [5.74, 6) is -0.468. The van der Waals surface area contributed by atoms with Crippen LogP contribution in [-0.2, 0) is 16.0 Å². The van der Waals surface area contributed by atoms with Gasteiger partial charge < -0.3 is 14.5 Å². The number of benzene rings is 2. The van der Waals surface area contributed by atoms with Crippen LogP contribution in [0.1, 0.15) is 28.4 Å². The molecule has 136 valence electrons. The van der Waals surface area contributed by atoms with Crippen LogP contribution in [-0.4, -0.2) is 30.0 Å². The first-order chi connectivity index (χ1) is 13.1. The number of ketones is 1. The second kappa shape index (κ2) is 8.19. The minimum atomic E-state index is -0.637. The van der Waals surface area contributed by atoms with E-state index >= 15 is 0 Å². The molecule has 1 heterocycles. The van der Waals surface area contributed by atoms with Crippen LogP contribution in [0.3, 0.4) is 0 Å². The first kappa shape index (κ1) is 18.2. The first-order valence-electron chi connectivity index (χ1n) is 8.53. The SMILES string of the molecule is CCc1cccc2c(C(=O)COC(=O)COc3ccc(C#N)cc3)c[nH]c12. The maximum atomic E-state index is 12.4. The number of para-hydroxylation sites is 1. The number of nitrogens with zero attached hydrogens (tertiary/aromatic N) is 1. The van der Waals surface area contributed by atoms with Gasteiger partial charge in [-0.3, -0.25) is 4.79 Å². The van der Waals surface area contributed by atoms with Crippen LogP contribution < -0.4 is 4.74 Å². The lowest BCUT2D eigenvalue weighted by Gasteiger charge is -2.06. The van der Waals surface area contributed by atoms with Crippen molar-refractivity contribution < 1.29 is 19.1 Å². The van der Waals surface area contributed by atoms with Gasteiger partial charge in [-0.1, -0.05) is 25.1 Å². The number of ether oxygens (including phenoxy) is 2. The molecule has 0 spiro atoms. The van der Waals surface area contributed by atoms with E-state index in [1.807, 2.05) is 31.2 Å². The van der Waals surface area contributed by atoms with E-state index in [0.29, 0.717) is 16.9 Å². The molecule has 3 aromatic rings. The molecule has 0 amide bonds. The van der Waals surface area contributed by atoms with E-state index in [1.165, 1.54) is 0 Å². The smallest absolute Gasteiger partial charge is 0.344 e. The molecule has 0 radical (unpaired) electrons. The van der Waals surface area contributed by atoms with Crippen LogP contribution in [0.4, 0.5) is 0 Å². The number of nitriles is 1. The molecule has 1 aromatic heterocycles. The zero-order valence-electron chi connectivity index (χ0n) is 14.8. The molecular formula is C21H18N2O4. The van der Waals surface area contributed by atoms with Crippen molar-refractivity contribution in [2.75, 3.05) is 13.2 Å². The number of rotatable bonds is 7. The highest BCUT2D eigenvalue weighted by Crippen LogP contribution is 2.22. The summed E-state index contributed by atoms with van der Waals surface area (Å²) >= 11 is 0. The summed E-state index contributed by atoms with van der Waals surface area (Å²) in [6, 6.07) is 14.1. The average molecular weight is 362 g/mol. The number of aromatic nitrogens is 1.